The van der Waals surface area contributed by atoms with Gasteiger partial charge in [0.25, 0.3) is 5.24 Å². The van der Waals surface area contributed by atoms with E-state index >= 15 is 0 Å². The molecule has 2 aromatic carbocycles. The van der Waals surface area contributed by atoms with Crippen molar-refractivity contribution in [1.29, 1.82) is 0 Å². The Morgan fingerprint density at radius 2 is 1.81 bits per heavy atom. The van der Waals surface area contributed by atoms with Gasteiger partial charge < -0.3 is 4.74 Å². The normalized spacial score (nSPS) is 10.0. The molecule has 0 fully saturated rings. The largest absolute Gasteiger partial charge is 0.444 e. The Labute approximate surface area is 127 Å². The number of hydrogen-bond acceptors (Lipinski definition) is 3. The van der Waals surface area contributed by atoms with Gasteiger partial charge in [0.05, 0.1) is 0 Å². The SMILES string of the molecule is CN(C(=O)OCc1ccccc1)c1cccc(C(=O)Cl)c1. The summed E-state index contributed by atoms with van der Waals surface area (Å²) in [4.78, 5) is 24.4. The van der Waals surface area contributed by atoms with E-state index in [1.807, 2.05) is 30.3 Å². The van der Waals surface area contributed by atoms with E-state index in [1.54, 1.807) is 31.3 Å². The zero-order chi connectivity index (χ0) is 15.2. The molecule has 0 saturated carbocycles. The van der Waals surface area contributed by atoms with Crippen molar-refractivity contribution in [3.8, 4) is 0 Å². The first kappa shape index (κ1) is 15.1. The van der Waals surface area contributed by atoms with Crippen LogP contribution in [0.15, 0.2) is 54.6 Å². The maximum atomic E-state index is 12.0. The Morgan fingerprint density at radius 3 is 2.48 bits per heavy atom. The van der Waals surface area contributed by atoms with Gasteiger partial charge in [-0.25, -0.2) is 4.79 Å². The monoisotopic (exact) mass is 303 g/mol. The lowest BCUT2D eigenvalue weighted by atomic mass is 10.2. The summed E-state index contributed by atoms with van der Waals surface area (Å²) < 4.78 is 5.21. The van der Waals surface area contributed by atoms with Crippen LogP contribution in [0.4, 0.5) is 10.5 Å². The lowest BCUT2D eigenvalue weighted by Crippen LogP contribution is -2.27. The summed E-state index contributed by atoms with van der Waals surface area (Å²) in [6.45, 7) is 0.193. The number of rotatable bonds is 4. The van der Waals surface area contributed by atoms with Gasteiger partial charge in [-0.3, -0.25) is 9.69 Å². The number of carbonyl (C=O) groups is 2. The predicted molar refractivity (Wildman–Crippen MR) is 81.7 cm³/mol. The summed E-state index contributed by atoms with van der Waals surface area (Å²) in [6.07, 6.45) is -0.502. The fourth-order valence-electron chi connectivity index (χ4n) is 1.76. The fraction of sp³-hybridized carbons (Fsp3) is 0.125. The van der Waals surface area contributed by atoms with E-state index in [9.17, 15) is 9.59 Å². The highest BCUT2D eigenvalue weighted by Crippen LogP contribution is 2.17. The summed E-state index contributed by atoms with van der Waals surface area (Å²) in [5.74, 6) is 0. The van der Waals surface area contributed by atoms with E-state index in [4.69, 9.17) is 16.3 Å². The van der Waals surface area contributed by atoms with Gasteiger partial charge in [0, 0.05) is 18.3 Å². The van der Waals surface area contributed by atoms with Gasteiger partial charge in [0.15, 0.2) is 0 Å². The standard InChI is InChI=1S/C16H14ClNO3/c1-18(14-9-5-8-13(10-14)15(17)19)16(20)21-11-12-6-3-2-4-7-12/h2-10H,11H2,1H3. The molecular weight excluding hydrogens is 290 g/mol. The summed E-state index contributed by atoms with van der Waals surface area (Å²) >= 11 is 5.43. The number of halogens is 1. The van der Waals surface area contributed by atoms with Crippen molar-refractivity contribution in [2.75, 3.05) is 11.9 Å². The minimum absolute atomic E-state index is 0.193. The predicted octanol–water partition coefficient (Wildman–Crippen LogP) is 3.84. The molecule has 1 amide bonds. The van der Waals surface area contributed by atoms with Crippen LogP contribution in [0.2, 0.25) is 0 Å². The lowest BCUT2D eigenvalue weighted by molar-refractivity contribution is 0.108. The number of ether oxygens (including phenoxy) is 1. The summed E-state index contributed by atoms with van der Waals surface area (Å²) in [5.41, 5.74) is 1.78. The van der Waals surface area contributed by atoms with Crippen molar-refractivity contribution in [3.05, 3.63) is 65.7 Å². The van der Waals surface area contributed by atoms with Crippen molar-refractivity contribution in [3.63, 3.8) is 0 Å². The van der Waals surface area contributed by atoms with Crippen molar-refractivity contribution >= 4 is 28.6 Å². The Kier molecular flexibility index (Phi) is 4.95. The van der Waals surface area contributed by atoms with Crippen molar-refractivity contribution in [2.45, 2.75) is 6.61 Å². The second-order valence-electron chi connectivity index (χ2n) is 4.42. The van der Waals surface area contributed by atoms with Gasteiger partial charge in [-0.1, -0.05) is 36.4 Å². The molecular formula is C16H14ClNO3. The molecule has 2 aromatic rings. The first-order chi connectivity index (χ1) is 10.1. The molecule has 0 aliphatic carbocycles. The van der Waals surface area contributed by atoms with E-state index in [0.29, 0.717) is 11.3 Å². The number of hydrogen-bond donors (Lipinski definition) is 0. The minimum Gasteiger partial charge on any atom is -0.444 e. The first-order valence-electron chi connectivity index (χ1n) is 6.32. The van der Waals surface area contributed by atoms with E-state index in [1.165, 1.54) is 4.90 Å². The highest BCUT2D eigenvalue weighted by molar-refractivity contribution is 6.67. The zero-order valence-electron chi connectivity index (χ0n) is 11.5. The van der Waals surface area contributed by atoms with Gasteiger partial charge in [0.1, 0.15) is 6.61 Å². The highest BCUT2D eigenvalue weighted by atomic mass is 35.5. The molecule has 21 heavy (non-hydrogen) atoms. The molecule has 0 bridgehead atoms. The molecule has 5 heteroatoms. The maximum absolute atomic E-state index is 12.0. The molecule has 0 aromatic heterocycles. The van der Waals surface area contributed by atoms with Crippen LogP contribution in [0, 0.1) is 0 Å². The van der Waals surface area contributed by atoms with Crippen LogP contribution in [0.5, 0.6) is 0 Å². The molecule has 0 unspecified atom stereocenters. The van der Waals surface area contributed by atoms with Gasteiger partial charge in [-0.15, -0.1) is 0 Å². The van der Waals surface area contributed by atoms with E-state index in [2.05, 4.69) is 0 Å². The summed E-state index contributed by atoms with van der Waals surface area (Å²) in [5, 5.41) is -0.567. The van der Waals surface area contributed by atoms with Crippen LogP contribution >= 0.6 is 11.6 Å². The van der Waals surface area contributed by atoms with E-state index in [-0.39, 0.29) is 6.61 Å². The number of amides is 1. The van der Waals surface area contributed by atoms with Crippen molar-refractivity contribution in [2.24, 2.45) is 0 Å². The fourth-order valence-corrected chi connectivity index (χ4v) is 1.88. The van der Waals surface area contributed by atoms with Crippen LogP contribution in [0.1, 0.15) is 15.9 Å². The average Bonchev–Trinajstić information content (AvgIpc) is 2.53. The Balaban J connectivity index is 2.02. The molecule has 108 valence electrons. The van der Waals surface area contributed by atoms with Crippen molar-refractivity contribution < 1.29 is 14.3 Å². The van der Waals surface area contributed by atoms with Gasteiger partial charge >= 0.3 is 6.09 Å². The summed E-state index contributed by atoms with van der Waals surface area (Å²) in [7, 11) is 1.57. The maximum Gasteiger partial charge on any atom is 0.414 e. The number of benzene rings is 2. The van der Waals surface area contributed by atoms with E-state index < -0.39 is 11.3 Å². The molecule has 0 N–H and O–H groups in total. The third-order valence-corrected chi connectivity index (χ3v) is 3.16. The third kappa shape index (κ3) is 4.07. The smallest absolute Gasteiger partial charge is 0.414 e. The topological polar surface area (TPSA) is 46.6 Å². The Bertz CT molecular complexity index is 643. The second-order valence-corrected chi connectivity index (χ2v) is 4.77. The molecule has 0 aliphatic rings. The zero-order valence-corrected chi connectivity index (χ0v) is 12.2. The van der Waals surface area contributed by atoms with Gasteiger partial charge in [0.2, 0.25) is 0 Å². The average molecular weight is 304 g/mol. The van der Waals surface area contributed by atoms with Crippen molar-refractivity contribution in [1.82, 2.24) is 0 Å². The molecule has 2 rings (SSSR count). The first-order valence-corrected chi connectivity index (χ1v) is 6.70. The van der Waals surface area contributed by atoms with Gasteiger partial charge in [-0.05, 0) is 35.4 Å². The van der Waals surface area contributed by atoms with Crippen LogP contribution in [-0.4, -0.2) is 18.4 Å². The lowest BCUT2D eigenvalue weighted by Gasteiger charge is -2.17. The molecule has 0 saturated heterocycles. The molecule has 0 atom stereocenters. The Morgan fingerprint density at radius 1 is 1.10 bits per heavy atom. The third-order valence-electron chi connectivity index (χ3n) is 2.94. The number of anilines is 1. The quantitative estimate of drug-likeness (QED) is 0.806. The summed E-state index contributed by atoms with van der Waals surface area (Å²) in [6, 6.07) is 15.9. The van der Waals surface area contributed by atoms with Crippen LogP contribution in [-0.2, 0) is 11.3 Å². The molecule has 4 nitrogen and oxygen atoms in total. The Hall–Kier alpha value is -2.33. The molecule has 0 spiro atoms. The highest BCUT2D eigenvalue weighted by Gasteiger charge is 2.13. The molecule has 0 aliphatic heterocycles. The van der Waals surface area contributed by atoms with Crippen LogP contribution < -0.4 is 4.90 Å². The van der Waals surface area contributed by atoms with Gasteiger partial charge in [-0.2, -0.15) is 0 Å². The van der Waals surface area contributed by atoms with Crippen LogP contribution in [0.25, 0.3) is 0 Å². The van der Waals surface area contributed by atoms with Crippen LogP contribution in [0.3, 0.4) is 0 Å². The number of nitrogens with zero attached hydrogens (tertiary/aromatic N) is 1. The second kappa shape index (κ2) is 6.90. The van der Waals surface area contributed by atoms with E-state index in [0.717, 1.165) is 5.56 Å². The minimum atomic E-state index is -0.567. The molecule has 0 radical (unpaired) electrons. The number of carbonyl (C=O) groups excluding carboxylic acids is 2. The molecule has 0 heterocycles.